The molecule has 0 fully saturated rings. The standard InChI is InChI=1S/C12H15ClFNO2/c1-17-6-5-15-8-9(16)7-10-11(13)3-2-4-12(10)14/h2-4,15H,5-8H2,1H3. The molecule has 0 aliphatic heterocycles. The number of ketones is 1. The van der Waals surface area contributed by atoms with E-state index in [1.165, 1.54) is 12.1 Å². The molecule has 0 bridgehead atoms. The van der Waals surface area contributed by atoms with Gasteiger partial charge in [0.1, 0.15) is 5.82 Å². The SMILES string of the molecule is COCCNCC(=O)Cc1c(F)cccc1Cl. The molecule has 0 saturated carbocycles. The average Bonchev–Trinajstić information content (AvgIpc) is 2.30. The van der Waals surface area contributed by atoms with Gasteiger partial charge in [-0.15, -0.1) is 0 Å². The second kappa shape index (κ2) is 7.37. The Hall–Kier alpha value is -0.970. The Morgan fingerprint density at radius 2 is 2.29 bits per heavy atom. The van der Waals surface area contributed by atoms with Gasteiger partial charge in [0.2, 0.25) is 0 Å². The lowest BCUT2D eigenvalue weighted by molar-refractivity contribution is -0.117. The number of nitrogens with one attached hydrogen (secondary N) is 1. The van der Waals surface area contributed by atoms with Crippen molar-refractivity contribution < 1.29 is 13.9 Å². The molecule has 1 aromatic rings. The zero-order valence-electron chi connectivity index (χ0n) is 9.63. The Labute approximate surface area is 105 Å². The maximum atomic E-state index is 13.4. The van der Waals surface area contributed by atoms with Crippen molar-refractivity contribution in [3.05, 3.63) is 34.6 Å². The van der Waals surface area contributed by atoms with E-state index < -0.39 is 5.82 Å². The molecule has 94 valence electrons. The van der Waals surface area contributed by atoms with Crippen molar-refractivity contribution in [2.75, 3.05) is 26.8 Å². The lowest BCUT2D eigenvalue weighted by Gasteiger charge is -2.06. The van der Waals surface area contributed by atoms with Crippen molar-refractivity contribution in [3.63, 3.8) is 0 Å². The van der Waals surface area contributed by atoms with E-state index in [4.69, 9.17) is 16.3 Å². The fraction of sp³-hybridized carbons (Fsp3) is 0.417. The summed E-state index contributed by atoms with van der Waals surface area (Å²) in [6.07, 6.45) is 0.00545. The largest absolute Gasteiger partial charge is 0.383 e. The van der Waals surface area contributed by atoms with Crippen LogP contribution in [-0.4, -0.2) is 32.6 Å². The van der Waals surface area contributed by atoms with Crippen molar-refractivity contribution in [2.24, 2.45) is 0 Å². The van der Waals surface area contributed by atoms with E-state index in [9.17, 15) is 9.18 Å². The number of carbonyl (C=O) groups excluding carboxylic acids is 1. The van der Waals surface area contributed by atoms with Gasteiger partial charge in [0.25, 0.3) is 0 Å². The third-order valence-electron chi connectivity index (χ3n) is 2.24. The highest BCUT2D eigenvalue weighted by molar-refractivity contribution is 6.31. The van der Waals surface area contributed by atoms with E-state index in [1.807, 2.05) is 0 Å². The van der Waals surface area contributed by atoms with Gasteiger partial charge in [0.05, 0.1) is 13.2 Å². The van der Waals surface area contributed by atoms with Gasteiger partial charge in [-0.2, -0.15) is 0 Å². The minimum absolute atomic E-state index is 0.00545. The zero-order chi connectivity index (χ0) is 12.7. The molecule has 0 aliphatic rings. The van der Waals surface area contributed by atoms with Crippen LogP contribution in [0.3, 0.4) is 0 Å². The number of hydrogen-bond acceptors (Lipinski definition) is 3. The normalized spacial score (nSPS) is 10.5. The van der Waals surface area contributed by atoms with Gasteiger partial charge in [-0.05, 0) is 12.1 Å². The zero-order valence-corrected chi connectivity index (χ0v) is 10.4. The molecule has 0 heterocycles. The molecule has 0 spiro atoms. The van der Waals surface area contributed by atoms with Crippen molar-refractivity contribution >= 4 is 17.4 Å². The molecular weight excluding hydrogens is 245 g/mol. The lowest BCUT2D eigenvalue weighted by atomic mass is 10.1. The Morgan fingerprint density at radius 1 is 1.53 bits per heavy atom. The minimum atomic E-state index is -0.442. The van der Waals surface area contributed by atoms with Gasteiger partial charge in [0.15, 0.2) is 5.78 Å². The van der Waals surface area contributed by atoms with Crippen molar-refractivity contribution in [1.82, 2.24) is 5.32 Å². The molecule has 1 rings (SSSR count). The molecule has 0 saturated heterocycles. The molecule has 3 nitrogen and oxygen atoms in total. The summed E-state index contributed by atoms with van der Waals surface area (Å²) in [7, 11) is 1.59. The Bertz CT molecular complexity index is 365. The topological polar surface area (TPSA) is 38.3 Å². The minimum Gasteiger partial charge on any atom is -0.383 e. The third kappa shape index (κ3) is 4.81. The summed E-state index contributed by atoms with van der Waals surface area (Å²) in [5.74, 6) is -0.546. The van der Waals surface area contributed by atoms with Crippen LogP contribution in [0.5, 0.6) is 0 Å². The highest BCUT2D eigenvalue weighted by Crippen LogP contribution is 2.19. The molecule has 5 heteroatoms. The van der Waals surface area contributed by atoms with Crippen molar-refractivity contribution in [2.45, 2.75) is 6.42 Å². The number of Topliss-reactive ketones (excluding diaryl/α,β-unsaturated/α-hetero) is 1. The summed E-state index contributed by atoms with van der Waals surface area (Å²) >= 11 is 5.82. The molecular formula is C12H15ClFNO2. The van der Waals surface area contributed by atoms with Crippen LogP contribution in [0.2, 0.25) is 5.02 Å². The highest BCUT2D eigenvalue weighted by Gasteiger charge is 2.11. The molecule has 0 unspecified atom stereocenters. The van der Waals surface area contributed by atoms with Crippen LogP contribution in [0.1, 0.15) is 5.56 Å². The number of benzene rings is 1. The molecule has 0 radical (unpaired) electrons. The molecule has 0 atom stereocenters. The average molecular weight is 260 g/mol. The Balaban J connectivity index is 2.45. The number of ether oxygens (including phenoxy) is 1. The summed E-state index contributed by atoms with van der Waals surface area (Å²) in [6, 6.07) is 4.39. The summed E-state index contributed by atoms with van der Waals surface area (Å²) in [5.41, 5.74) is 0.257. The summed E-state index contributed by atoms with van der Waals surface area (Å²) < 4.78 is 18.2. The monoisotopic (exact) mass is 259 g/mol. The van der Waals surface area contributed by atoms with Crippen LogP contribution in [0.4, 0.5) is 4.39 Å². The van der Waals surface area contributed by atoms with Gasteiger partial charge in [0, 0.05) is 30.7 Å². The third-order valence-corrected chi connectivity index (χ3v) is 2.59. The van der Waals surface area contributed by atoms with Gasteiger partial charge >= 0.3 is 0 Å². The number of halogens is 2. The van der Waals surface area contributed by atoms with Crippen LogP contribution in [0.25, 0.3) is 0 Å². The second-order valence-electron chi connectivity index (χ2n) is 3.59. The second-order valence-corrected chi connectivity index (χ2v) is 3.99. The fourth-order valence-corrected chi connectivity index (χ4v) is 1.59. The van der Waals surface area contributed by atoms with E-state index >= 15 is 0 Å². The number of rotatable bonds is 7. The first-order valence-corrected chi connectivity index (χ1v) is 5.67. The maximum absolute atomic E-state index is 13.4. The van der Waals surface area contributed by atoms with Gasteiger partial charge in [-0.25, -0.2) is 4.39 Å². The molecule has 0 aromatic heterocycles. The van der Waals surface area contributed by atoms with Crippen molar-refractivity contribution in [3.8, 4) is 0 Å². The van der Waals surface area contributed by atoms with Gasteiger partial charge in [-0.3, -0.25) is 4.79 Å². The van der Waals surface area contributed by atoms with E-state index in [0.717, 1.165) is 0 Å². The molecule has 1 aromatic carbocycles. The molecule has 0 amide bonds. The molecule has 1 N–H and O–H groups in total. The van der Waals surface area contributed by atoms with E-state index in [1.54, 1.807) is 13.2 Å². The summed E-state index contributed by atoms with van der Waals surface area (Å²) in [5, 5.41) is 3.19. The number of hydrogen-bond donors (Lipinski definition) is 1. The maximum Gasteiger partial charge on any atom is 0.151 e. The predicted octanol–water partition coefficient (Wildman–Crippen LogP) is 1.83. The molecule has 17 heavy (non-hydrogen) atoms. The summed E-state index contributed by atoms with van der Waals surface area (Å²) in [6.45, 7) is 1.31. The van der Waals surface area contributed by atoms with Crippen LogP contribution in [0, 0.1) is 5.82 Å². The Morgan fingerprint density at radius 3 is 2.94 bits per heavy atom. The quantitative estimate of drug-likeness (QED) is 0.760. The van der Waals surface area contributed by atoms with Crippen LogP contribution in [0.15, 0.2) is 18.2 Å². The predicted molar refractivity (Wildman–Crippen MR) is 64.9 cm³/mol. The first-order valence-electron chi connectivity index (χ1n) is 5.29. The molecule has 0 aliphatic carbocycles. The van der Waals surface area contributed by atoms with E-state index in [2.05, 4.69) is 5.32 Å². The van der Waals surface area contributed by atoms with E-state index in [0.29, 0.717) is 13.2 Å². The van der Waals surface area contributed by atoms with Crippen LogP contribution < -0.4 is 5.32 Å². The van der Waals surface area contributed by atoms with Crippen molar-refractivity contribution in [1.29, 1.82) is 0 Å². The smallest absolute Gasteiger partial charge is 0.151 e. The first-order chi connectivity index (χ1) is 8.15. The Kier molecular flexibility index (Phi) is 6.11. The van der Waals surface area contributed by atoms with Crippen LogP contribution in [-0.2, 0) is 16.0 Å². The number of methoxy groups -OCH3 is 1. The first kappa shape index (κ1) is 14.1. The lowest BCUT2D eigenvalue weighted by Crippen LogP contribution is -2.27. The van der Waals surface area contributed by atoms with Crippen LogP contribution >= 0.6 is 11.6 Å². The highest BCUT2D eigenvalue weighted by atomic mass is 35.5. The van der Waals surface area contributed by atoms with E-state index in [-0.39, 0.29) is 29.3 Å². The van der Waals surface area contributed by atoms with Gasteiger partial charge in [-0.1, -0.05) is 17.7 Å². The fourth-order valence-electron chi connectivity index (χ4n) is 1.36. The van der Waals surface area contributed by atoms with Gasteiger partial charge < -0.3 is 10.1 Å². The summed E-state index contributed by atoms with van der Waals surface area (Å²) in [4.78, 5) is 11.6. The number of carbonyl (C=O) groups is 1.